The van der Waals surface area contributed by atoms with Crippen LogP contribution in [-0.2, 0) is 19.1 Å². The van der Waals surface area contributed by atoms with Crippen LogP contribution in [0.25, 0.3) is 0 Å². The molecular formula is C20H31N3O6. The first-order valence-corrected chi connectivity index (χ1v) is 9.35. The van der Waals surface area contributed by atoms with Crippen LogP contribution in [0.2, 0.25) is 0 Å². The fraction of sp³-hybridized carbons (Fsp3) is 0.600. The van der Waals surface area contributed by atoms with Gasteiger partial charge in [0.15, 0.2) is 6.61 Å². The smallest absolute Gasteiger partial charge is 0.355 e. The highest BCUT2D eigenvalue weighted by molar-refractivity contribution is 5.99. The lowest BCUT2D eigenvalue weighted by Gasteiger charge is -2.23. The molecule has 0 aliphatic carbocycles. The fourth-order valence-electron chi connectivity index (χ4n) is 2.60. The summed E-state index contributed by atoms with van der Waals surface area (Å²) in [6, 6.07) is 0. The van der Waals surface area contributed by atoms with E-state index in [4.69, 9.17) is 9.47 Å². The number of carbonyl (C=O) groups excluding carboxylic acids is 4. The zero-order valence-electron chi connectivity index (χ0n) is 18.4. The van der Waals surface area contributed by atoms with Gasteiger partial charge in [-0.05, 0) is 54.0 Å². The van der Waals surface area contributed by atoms with Crippen LogP contribution in [0.4, 0.5) is 0 Å². The van der Waals surface area contributed by atoms with Gasteiger partial charge in [0, 0.05) is 18.3 Å². The molecule has 0 radical (unpaired) electrons. The van der Waals surface area contributed by atoms with Crippen LogP contribution in [0.1, 0.15) is 66.7 Å². The van der Waals surface area contributed by atoms with E-state index in [1.165, 1.54) is 11.9 Å². The van der Waals surface area contributed by atoms with Crippen LogP contribution in [0, 0.1) is 13.8 Å². The van der Waals surface area contributed by atoms with Crippen molar-refractivity contribution in [3.63, 3.8) is 0 Å². The number of aryl methyl sites for hydroxylation is 1. The van der Waals surface area contributed by atoms with Crippen molar-refractivity contribution in [2.75, 3.05) is 20.2 Å². The van der Waals surface area contributed by atoms with Crippen molar-refractivity contribution < 1.29 is 28.7 Å². The molecule has 9 heteroatoms. The molecule has 0 fully saturated rings. The average molecular weight is 409 g/mol. The van der Waals surface area contributed by atoms with Gasteiger partial charge in [-0.3, -0.25) is 9.59 Å². The Morgan fingerprint density at radius 1 is 1.10 bits per heavy atom. The highest BCUT2D eigenvalue weighted by Gasteiger charge is 2.25. The minimum atomic E-state index is -0.768. The molecule has 0 unspecified atom stereocenters. The van der Waals surface area contributed by atoms with Crippen molar-refractivity contribution in [3.05, 3.63) is 22.5 Å². The predicted octanol–water partition coefficient (Wildman–Crippen LogP) is 1.73. The highest BCUT2D eigenvalue weighted by atomic mass is 16.5. The zero-order valence-corrected chi connectivity index (χ0v) is 18.4. The molecule has 0 saturated carbocycles. The monoisotopic (exact) mass is 409 g/mol. The lowest BCUT2D eigenvalue weighted by molar-refractivity contribution is -0.137. The Kier molecular flexibility index (Phi) is 7.99. The minimum absolute atomic E-state index is 0.0825. The van der Waals surface area contributed by atoms with Gasteiger partial charge in [0.05, 0.1) is 18.2 Å². The largest absolute Gasteiger partial charge is 0.459 e. The van der Waals surface area contributed by atoms with Gasteiger partial charge in [0.1, 0.15) is 5.69 Å². The average Bonchev–Trinajstić information content (AvgIpc) is 2.84. The molecule has 9 nitrogen and oxygen atoms in total. The quantitative estimate of drug-likeness (QED) is 0.662. The summed E-state index contributed by atoms with van der Waals surface area (Å²) in [4.78, 5) is 52.6. The number of ether oxygens (including phenoxy) is 2. The second-order valence-electron chi connectivity index (χ2n) is 8.20. The zero-order chi connectivity index (χ0) is 22.5. The Hall–Kier alpha value is -2.84. The lowest BCUT2D eigenvalue weighted by Crippen LogP contribution is -2.46. The standard InChI is InChI=1S/C20H31N3O6/c1-11(2)29-18(26)16-12(3)17(21-13(16)4)19(27)28-10-15(25)23(8)9-14(24)22-20(5,6)7/h11,21H,9-10H2,1-8H3,(H,22,24). The van der Waals surface area contributed by atoms with Crippen molar-refractivity contribution in [1.82, 2.24) is 15.2 Å². The maximum Gasteiger partial charge on any atom is 0.355 e. The number of aromatic nitrogens is 1. The Labute approximate surface area is 171 Å². The summed E-state index contributed by atoms with van der Waals surface area (Å²) in [5.41, 5.74) is 0.809. The molecule has 2 amide bonds. The molecule has 29 heavy (non-hydrogen) atoms. The number of nitrogens with one attached hydrogen (secondary N) is 2. The second kappa shape index (κ2) is 9.58. The summed E-state index contributed by atoms with van der Waals surface area (Å²) < 4.78 is 10.2. The minimum Gasteiger partial charge on any atom is -0.459 e. The number of carbonyl (C=O) groups is 4. The van der Waals surface area contributed by atoms with Gasteiger partial charge in [0.25, 0.3) is 5.91 Å². The van der Waals surface area contributed by atoms with Crippen LogP contribution in [0.3, 0.4) is 0 Å². The molecule has 0 aliphatic heterocycles. The SMILES string of the molecule is Cc1[nH]c(C(=O)OCC(=O)N(C)CC(=O)NC(C)(C)C)c(C)c1C(=O)OC(C)C. The van der Waals surface area contributed by atoms with E-state index < -0.39 is 30.0 Å². The maximum atomic E-state index is 12.4. The van der Waals surface area contributed by atoms with Crippen LogP contribution in [0.5, 0.6) is 0 Å². The predicted molar refractivity (Wildman–Crippen MR) is 107 cm³/mol. The van der Waals surface area contributed by atoms with Crippen LogP contribution < -0.4 is 5.32 Å². The van der Waals surface area contributed by atoms with Gasteiger partial charge in [-0.15, -0.1) is 0 Å². The molecule has 2 N–H and O–H groups in total. The molecule has 0 atom stereocenters. The first-order chi connectivity index (χ1) is 13.2. The number of esters is 2. The summed E-state index contributed by atoms with van der Waals surface area (Å²) >= 11 is 0. The maximum absolute atomic E-state index is 12.4. The van der Waals surface area contributed by atoms with Gasteiger partial charge in [-0.1, -0.05) is 0 Å². The fourth-order valence-corrected chi connectivity index (χ4v) is 2.60. The Balaban J connectivity index is 2.72. The van der Waals surface area contributed by atoms with E-state index in [0.717, 1.165) is 0 Å². The van der Waals surface area contributed by atoms with Gasteiger partial charge < -0.3 is 24.7 Å². The number of likely N-dealkylation sites (N-methyl/N-ethyl adjacent to an activating group) is 1. The lowest BCUT2D eigenvalue weighted by atomic mass is 10.1. The van der Waals surface area contributed by atoms with E-state index in [-0.39, 0.29) is 29.8 Å². The molecule has 1 aromatic rings. The van der Waals surface area contributed by atoms with E-state index in [1.807, 2.05) is 20.8 Å². The summed E-state index contributed by atoms with van der Waals surface area (Å²) in [5, 5.41) is 2.75. The topological polar surface area (TPSA) is 118 Å². The molecule has 0 aliphatic rings. The van der Waals surface area contributed by atoms with Gasteiger partial charge in [-0.2, -0.15) is 0 Å². The van der Waals surface area contributed by atoms with Crippen molar-refractivity contribution >= 4 is 23.8 Å². The molecule has 0 bridgehead atoms. The molecule has 1 rings (SSSR count). The van der Waals surface area contributed by atoms with Crippen molar-refractivity contribution in [2.45, 2.75) is 60.1 Å². The molecule has 1 heterocycles. The molecule has 162 valence electrons. The van der Waals surface area contributed by atoms with Gasteiger partial charge >= 0.3 is 11.9 Å². The number of hydrogen-bond acceptors (Lipinski definition) is 6. The van der Waals surface area contributed by atoms with Gasteiger partial charge in [-0.25, -0.2) is 9.59 Å². The number of aromatic amines is 1. The molecule has 0 saturated heterocycles. The normalized spacial score (nSPS) is 11.2. The summed E-state index contributed by atoms with van der Waals surface area (Å²) in [7, 11) is 1.45. The first kappa shape index (κ1) is 24.2. The second-order valence-corrected chi connectivity index (χ2v) is 8.20. The van der Waals surface area contributed by atoms with Crippen LogP contribution >= 0.6 is 0 Å². The van der Waals surface area contributed by atoms with E-state index in [0.29, 0.717) is 11.3 Å². The molecule has 0 aromatic carbocycles. The van der Waals surface area contributed by atoms with Crippen LogP contribution in [0.15, 0.2) is 0 Å². The van der Waals surface area contributed by atoms with Crippen molar-refractivity contribution in [3.8, 4) is 0 Å². The summed E-state index contributed by atoms with van der Waals surface area (Å²) in [6.45, 7) is 11.5. The van der Waals surface area contributed by atoms with Crippen molar-refractivity contribution in [1.29, 1.82) is 0 Å². The Morgan fingerprint density at radius 2 is 1.69 bits per heavy atom. The first-order valence-electron chi connectivity index (χ1n) is 9.35. The third-order valence-corrected chi connectivity index (χ3v) is 3.84. The number of hydrogen-bond donors (Lipinski definition) is 2. The third-order valence-electron chi connectivity index (χ3n) is 3.84. The van der Waals surface area contributed by atoms with Gasteiger partial charge in [0.2, 0.25) is 5.91 Å². The van der Waals surface area contributed by atoms with Crippen LogP contribution in [-0.4, -0.2) is 65.5 Å². The molecule has 0 spiro atoms. The number of H-pyrrole nitrogens is 1. The summed E-state index contributed by atoms with van der Waals surface area (Å²) in [6.07, 6.45) is -0.296. The summed E-state index contributed by atoms with van der Waals surface area (Å²) in [5.74, 6) is -2.15. The number of nitrogens with zero attached hydrogens (tertiary/aromatic N) is 1. The van der Waals surface area contributed by atoms with E-state index in [1.54, 1.807) is 27.7 Å². The van der Waals surface area contributed by atoms with E-state index >= 15 is 0 Å². The van der Waals surface area contributed by atoms with E-state index in [2.05, 4.69) is 10.3 Å². The third kappa shape index (κ3) is 7.24. The van der Waals surface area contributed by atoms with Crippen molar-refractivity contribution in [2.24, 2.45) is 0 Å². The Bertz CT molecular complexity index is 789. The molecule has 1 aromatic heterocycles. The van der Waals surface area contributed by atoms with E-state index in [9.17, 15) is 19.2 Å². The number of amides is 2. The number of rotatable bonds is 7. The Morgan fingerprint density at radius 3 is 2.21 bits per heavy atom. The molecular weight excluding hydrogens is 378 g/mol. The highest BCUT2D eigenvalue weighted by Crippen LogP contribution is 2.20.